The molecule has 100 valence electrons. The first-order chi connectivity index (χ1) is 8.01. The maximum absolute atomic E-state index is 6.82. The second-order valence-electron chi connectivity index (χ2n) is 7.30. The van der Waals surface area contributed by atoms with Crippen molar-refractivity contribution in [1.82, 2.24) is 0 Å². The van der Waals surface area contributed by atoms with Crippen LogP contribution in [0.25, 0.3) is 0 Å². The van der Waals surface area contributed by atoms with E-state index in [0.717, 1.165) is 23.7 Å². The van der Waals surface area contributed by atoms with E-state index in [9.17, 15) is 0 Å². The van der Waals surface area contributed by atoms with E-state index in [0.29, 0.717) is 0 Å². The molecule has 2 aliphatic carbocycles. The molecular weight excluding hydrogens is 206 g/mol. The third-order valence-electron chi connectivity index (χ3n) is 5.55. The van der Waals surface area contributed by atoms with Crippen molar-refractivity contribution in [2.45, 2.75) is 77.7 Å². The van der Waals surface area contributed by atoms with E-state index in [1.807, 2.05) is 0 Å². The average molecular weight is 237 g/mol. The Morgan fingerprint density at radius 3 is 2.53 bits per heavy atom. The summed E-state index contributed by atoms with van der Waals surface area (Å²) in [5, 5.41) is 0. The number of hydrogen-bond donors (Lipinski definition) is 1. The van der Waals surface area contributed by atoms with Crippen molar-refractivity contribution in [2.75, 3.05) is 0 Å². The fraction of sp³-hybridized carbons (Fsp3) is 1.00. The maximum atomic E-state index is 6.82. The van der Waals surface area contributed by atoms with Gasteiger partial charge in [-0.05, 0) is 49.4 Å². The minimum Gasteiger partial charge on any atom is -0.325 e. The Balaban J connectivity index is 2.01. The van der Waals surface area contributed by atoms with Gasteiger partial charge >= 0.3 is 0 Å². The lowest BCUT2D eigenvalue weighted by atomic mass is 9.62. The summed E-state index contributed by atoms with van der Waals surface area (Å²) in [7, 11) is 0. The summed E-state index contributed by atoms with van der Waals surface area (Å²) >= 11 is 0. The molecule has 0 aliphatic heterocycles. The summed E-state index contributed by atoms with van der Waals surface area (Å²) in [5.41, 5.74) is 7.01. The first kappa shape index (κ1) is 13.4. The third-order valence-corrected chi connectivity index (χ3v) is 5.55. The molecule has 17 heavy (non-hydrogen) atoms. The molecule has 0 radical (unpaired) electrons. The Kier molecular flexibility index (Phi) is 4.18. The Morgan fingerprint density at radius 2 is 1.88 bits per heavy atom. The topological polar surface area (TPSA) is 26.0 Å². The van der Waals surface area contributed by atoms with E-state index in [4.69, 9.17) is 5.73 Å². The molecule has 0 heterocycles. The average Bonchev–Trinajstić information content (AvgIpc) is 2.29. The van der Waals surface area contributed by atoms with E-state index in [1.54, 1.807) is 0 Å². The lowest BCUT2D eigenvalue weighted by Gasteiger charge is -2.47. The molecule has 1 nitrogen and oxygen atoms in total. The normalized spacial score (nSPS) is 43.9. The molecule has 0 aromatic heterocycles. The SMILES string of the molecule is CC1CCCC(C2(N)CCCC(C(C)C)C2)C1. The molecule has 4 unspecified atom stereocenters. The van der Waals surface area contributed by atoms with Crippen molar-refractivity contribution in [3.05, 3.63) is 0 Å². The summed E-state index contributed by atoms with van der Waals surface area (Å²) in [6, 6.07) is 0. The number of hydrogen-bond acceptors (Lipinski definition) is 1. The minimum absolute atomic E-state index is 0.182. The summed E-state index contributed by atoms with van der Waals surface area (Å²) < 4.78 is 0. The highest BCUT2D eigenvalue weighted by atomic mass is 14.8. The lowest BCUT2D eigenvalue weighted by Crippen LogP contribution is -2.52. The van der Waals surface area contributed by atoms with Crippen molar-refractivity contribution in [2.24, 2.45) is 29.4 Å². The van der Waals surface area contributed by atoms with Gasteiger partial charge in [-0.25, -0.2) is 0 Å². The molecule has 2 rings (SSSR count). The van der Waals surface area contributed by atoms with Crippen LogP contribution in [0.5, 0.6) is 0 Å². The predicted molar refractivity (Wildman–Crippen MR) is 74.8 cm³/mol. The summed E-state index contributed by atoms with van der Waals surface area (Å²) in [4.78, 5) is 0. The van der Waals surface area contributed by atoms with Crippen LogP contribution in [0.3, 0.4) is 0 Å². The fourth-order valence-electron chi connectivity index (χ4n) is 4.28. The number of rotatable bonds is 2. The van der Waals surface area contributed by atoms with E-state index >= 15 is 0 Å². The lowest BCUT2D eigenvalue weighted by molar-refractivity contribution is 0.0898. The van der Waals surface area contributed by atoms with Gasteiger partial charge in [-0.15, -0.1) is 0 Å². The van der Waals surface area contributed by atoms with Crippen LogP contribution in [0, 0.1) is 23.7 Å². The van der Waals surface area contributed by atoms with Gasteiger partial charge in [0.25, 0.3) is 0 Å². The molecule has 0 bridgehead atoms. The molecule has 4 atom stereocenters. The first-order valence-corrected chi connectivity index (χ1v) is 7.80. The Hall–Kier alpha value is -0.0400. The largest absolute Gasteiger partial charge is 0.325 e. The van der Waals surface area contributed by atoms with Crippen molar-refractivity contribution >= 4 is 0 Å². The molecule has 2 N–H and O–H groups in total. The molecule has 2 aliphatic rings. The molecule has 0 spiro atoms. The summed E-state index contributed by atoms with van der Waals surface area (Å²) in [6.45, 7) is 7.16. The highest BCUT2D eigenvalue weighted by Crippen LogP contribution is 2.44. The molecule has 0 aromatic carbocycles. The van der Waals surface area contributed by atoms with Crippen LogP contribution in [0.1, 0.15) is 72.1 Å². The second kappa shape index (κ2) is 5.30. The fourth-order valence-corrected chi connectivity index (χ4v) is 4.28. The zero-order valence-electron chi connectivity index (χ0n) is 12.0. The van der Waals surface area contributed by atoms with E-state index in [-0.39, 0.29) is 5.54 Å². The van der Waals surface area contributed by atoms with E-state index in [1.165, 1.54) is 51.4 Å². The van der Waals surface area contributed by atoms with Crippen molar-refractivity contribution in [3.63, 3.8) is 0 Å². The van der Waals surface area contributed by atoms with Gasteiger partial charge in [-0.2, -0.15) is 0 Å². The van der Waals surface area contributed by atoms with Gasteiger partial charge in [0.15, 0.2) is 0 Å². The van der Waals surface area contributed by atoms with Gasteiger partial charge in [-0.1, -0.05) is 46.5 Å². The van der Waals surface area contributed by atoms with Gasteiger partial charge in [0, 0.05) is 5.54 Å². The summed E-state index contributed by atoms with van der Waals surface area (Å²) in [5.74, 6) is 3.42. The molecular formula is C16H31N. The molecule has 0 amide bonds. The van der Waals surface area contributed by atoms with Gasteiger partial charge in [0.05, 0.1) is 0 Å². The molecule has 2 fully saturated rings. The second-order valence-corrected chi connectivity index (χ2v) is 7.30. The third kappa shape index (κ3) is 3.05. The molecule has 0 aromatic rings. The molecule has 1 heteroatoms. The molecule has 2 saturated carbocycles. The van der Waals surface area contributed by atoms with E-state index < -0.39 is 0 Å². The Labute approximate surface area is 108 Å². The van der Waals surface area contributed by atoms with Crippen LogP contribution in [-0.4, -0.2) is 5.54 Å². The zero-order chi connectivity index (χ0) is 12.5. The monoisotopic (exact) mass is 237 g/mol. The Bertz CT molecular complexity index is 248. The Morgan fingerprint density at radius 1 is 1.12 bits per heavy atom. The van der Waals surface area contributed by atoms with Crippen LogP contribution >= 0.6 is 0 Å². The van der Waals surface area contributed by atoms with Crippen molar-refractivity contribution < 1.29 is 0 Å². The smallest absolute Gasteiger partial charge is 0.0185 e. The highest BCUT2D eigenvalue weighted by molar-refractivity contribution is 4.98. The number of nitrogens with two attached hydrogens (primary N) is 1. The van der Waals surface area contributed by atoms with Gasteiger partial charge in [0.1, 0.15) is 0 Å². The van der Waals surface area contributed by atoms with Gasteiger partial charge in [-0.3, -0.25) is 0 Å². The zero-order valence-corrected chi connectivity index (χ0v) is 12.0. The van der Waals surface area contributed by atoms with Crippen LogP contribution in [0.2, 0.25) is 0 Å². The molecule has 0 saturated heterocycles. The predicted octanol–water partition coefficient (Wildman–Crippen LogP) is 4.36. The highest BCUT2D eigenvalue weighted by Gasteiger charge is 2.41. The van der Waals surface area contributed by atoms with Crippen molar-refractivity contribution in [3.8, 4) is 0 Å². The van der Waals surface area contributed by atoms with Crippen LogP contribution in [-0.2, 0) is 0 Å². The van der Waals surface area contributed by atoms with Crippen LogP contribution in [0.15, 0.2) is 0 Å². The minimum atomic E-state index is 0.182. The van der Waals surface area contributed by atoms with Crippen molar-refractivity contribution in [1.29, 1.82) is 0 Å². The van der Waals surface area contributed by atoms with Gasteiger partial charge in [0.2, 0.25) is 0 Å². The van der Waals surface area contributed by atoms with Crippen LogP contribution in [0.4, 0.5) is 0 Å². The first-order valence-electron chi connectivity index (χ1n) is 7.80. The standard InChI is InChI=1S/C16H31N/c1-12(2)14-7-5-9-16(17,11-14)15-8-4-6-13(3)10-15/h12-15H,4-11,17H2,1-3H3. The van der Waals surface area contributed by atoms with E-state index in [2.05, 4.69) is 20.8 Å². The summed E-state index contributed by atoms with van der Waals surface area (Å²) in [6.07, 6.45) is 11.0. The van der Waals surface area contributed by atoms with Gasteiger partial charge < -0.3 is 5.73 Å². The quantitative estimate of drug-likeness (QED) is 0.759. The van der Waals surface area contributed by atoms with Crippen LogP contribution < -0.4 is 5.73 Å². The maximum Gasteiger partial charge on any atom is 0.0185 e.